The molecule has 0 bridgehead atoms. The van der Waals surface area contributed by atoms with Crippen molar-refractivity contribution in [3.63, 3.8) is 0 Å². The molecule has 1 amide bonds. The fraction of sp³-hybridized carbons (Fsp3) is 0.611. The molecule has 1 aromatic carbocycles. The number of morpholine rings is 1. The van der Waals surface area contributed by atoms with E-state index in [2.05, 4.69) is 41.4 Å². The van der Waals surface area contributed by atoms with Crippen LogP contribution in [0.5, 0.6) is 0 Å². The fourth-order valence-electron chi connectivity index (χ4n) is 2.98. The van der Waals surface area contributed by atoms with Gasteiger partial charge in [-0.15, -0.1) is 24.8 Å². The van der Waals surface area contributed by atoms with Gasteiger partial charge in [0, 0.05) is 33.3 Å². The SMILES string of the molecule is COC(CN)CC(=O)NCC(c1cccc(C)c1)N1CCOCC1.Cl.Cl. The van der Waals surface area contributed by atoms with Crippen molar-refractivity contribution in [3.8, 4) is 0 Å². The Kier molecular flexibility index (Phi) is 12.8. The number of nitrogens with two attached hydrogens (primary N) is 1. The van der Waals surface area contributed by atoms with Crippen LogP contribution in [-0.4, -0.2) is 63.4 Å². The molecule has 26 heavy (non-hydrogen) atoms. The van der Waals surface area contributed by atoms with Crippen LogP contribution in [0.1, 0.15) is 23.6 Å². The first-order chi connectivity index (χ1) is 11.6. The molecule has 2 rings (SSSR count). The fourth-order valence-corrected chi connectivity index (χ4v) is 2.98. The van der Waals surface area contributed by atoms with Gasteiger partial charge in [0.15, 0.2) is 0 Å². The maximum absolute atomic E-state index is 12.2. The Hall–Kier alpha value is -0.890. The van der Waals surface area contributed by atoms with Crippen molar-refractivity contribution >= 4 is 30.7 Å². The lowest BCUT2D eigenvalue weighted by atomic mass is 10.0. The van der Waals surface area contributed by atoms with Gasteiger partial charge in [0.05, 0.1) is 31.8 Å². The largest absolute Gasteiger partial charge is 0.380 e. The standard InChI is InChI=1S/C18H29N3O3.2ClH/c1-14-4-3-5-15(10-14)17(21-6-8-24-9-7-21)13-20-18(22)11-16(12-19)23-2;;/h3-5,10,16-17H,6-9,11-13,19H2,1-2H3,(H,20,22);2*1H. The van der Waals surface area contributed by atoms with Crippen LogP contribution in [0.2, 0.25) is 0 Å². The van der Waals surface area contributed by atoms with Crippen molar-refractivity contribution in [1.82, 2.24) is 10.2 Å². The number of methoxy groups -OCH3 is 1. The molecule has 3 N–H and O–H groups in total. The van der Waals surface area contributed by atoms with E-state index in [0.717, 1.165) is 26.3 Å². The van der Waals surface area contributed by atoms with Crippen LogP contribution in [0, 0.1) is 6.92 Å². The molecule has 6 nitrogen and oxygen atoms in total. The summed E-state index contributed by atoms with van der Waals surface area (Å²) in [4.78, 5) is 14.5. The first kappa shape index (κ1) is 25.1. The first-order valence-electron chi connectivity index (χ1n) is 8.52. The minimum atomic E-state index is -0.231. The lowest BCUT2D eigenvalue weighted by Gasteiger charge is -2.35. The minimum absolute atomic E-state index is 0. The van der Waals surface area contributed by atoms with Crippen molar-refractivity contribution < 1.29 is 14.3 Å². The Morgan fingerprint density at radius 2 is 2.04 bits per heavy atom. The molecule has 2 unspecified atom stereocenters. The summed E-state index contributed by atoms with van der Waals surface area (Å²) in [5.74, 6) is -0.0294. The summed E-state index contributed by atoms with van der Waals surface area (Å²) in [5, 5.41) is 3.04. The Morgan fingerprint density at radius 1 is 1.35 bits per heavy atom. The van der Waals surface area contributed by atoms with Crippen LogP contribution in [0.4, 0.5) is 0 Å². The van der Waals surface area contributed by atoms with Gasteiger partial charge < -0.3 is 20.5 Å². The zero-order valence-corrected chi connectivity index (χ0v) is 17.1. The number of amides is 1. The first-order valence-corrected chi connectivity index (χ1v) is 8.52. The lowest BCUT2D eigenvalue weighted by molar-refractivity contribution is -0.123. The minimum Gasteiger partial charge on any atom is -0.380 e. The van der Waals surface area contributed by atoms with E-state index in [-0.39, 0.29) is 49.3 Å². The third kappa shape index (κ3) is 7.78. The highest BCUT2D eigenvalue weighted by molar-refractivity contribution is 5.85. The van der Waals surface area contributed by atoms with Crippen LogP contribution < -0.4 is 11.1 Å². The molecule has 1 heterocycles. The van der Waals surface area contributed by atoms with E-state index in [1.807, 2.05) is 0 Å². The van der Waals surface area contributed by atoms with E-state index in [0.29, 0.717) is 13.1 Å². The van der Waals surface area contributed by atoms with Crippen LogP contribution >= 0.6 is 24.8 Å². The van der Waals surface area contributed by atoms with E-state index >= 15 is 0 Å². The number of rotatable bonds is 8. The monoisotopic (exact) mass is 407 g/mol. The number of carbonyl (C=O) groups excluding carboxylic acids is 1. The summed E-state index contributed by atoms with van der Waals surface area (Å²) < 4.78 is 10.6. The second kappa shape index (κ2) is 13.3. The number of aryl methyl sites for hydroxylation is 1. The predicted octanol–water partition coefficient (Wildman–Crippen LogP) is 1.69. The maximum Gasteiger partial charge on any atom is 0.222 e. The van der Waals surface area contributed by atoms with Crippen LogP contribution in [0.3, 0.4) is 0 Å². The predicted molar refractivity (Wildman–Crippen MR) is 108 cm³/mol. The summed E-state index contributed by atoms with van der Waals surface area (Å²) in [6.07, 6.45) is 0.0576. The number of nitrogens with zero attached hydrogens (tertiary/aromatic N) is 1. The molecule has 0 aliphatic carbocycles. The van der Waals surface area contributed by atoms with Gasteiger partial charge >= 0.3 is 0 Å². The molecule has 8 heteroatoms. The van der Waals surface area contributed by atoms with Crippen molar-refractivity contribution in [1.29, 1.82) is 0 Å². The Morgan fingerprint density at radius 3 is 2.62 bits per heavy atom. The normalized spacial score (nSPS) is 16.7. The summed E-state index contributed by atoms with van der Waals surface area (Å²) >= 11 is 0. The van der Waals surface area contributed by atoms with Crippen LogP contribution in [-0.2, 0) is 14.3 Å². The molecule has 2 atom stereocenters. The second-order valence-electron chi connectivity index (χ2n) is 6.18. The number of ether oxygens (including phenoxy) is 2. The molecular weight excluding hydrogens is 377 g/mol. The topological polar surface area (TPSA) is 76.8 Å². The van der Waals surface area contributed by atoms with E-state index < -0.39 is 0 Å². The van der Waals surface area contributed by atoms with Gasteiger partial charge in [-0.1, -0.05) is 29.8 Å². The number of hydrogen-bond acceptors (Lipinski definition) is 5. The highest BCUT2D eigenvalue weighted by Gasteiger charge is 2.23. The number of hydrogen-bond donors (Lipinski definition) is 2. The molecule has 1 fully saturated rings. The number of nitrogens with one attached hydrogen (secondary N) is 1. The van der Waals surface area contributed by atoms with Crippen molar-refractivity contribution in [2.75, 3.05) is 46.5 Å². The van der Waals surface area contributed by atoms with E-state index in [9.17, 15) is 4.79 Å². The summed E-state index contributed by atoms with van der Waals surface area (Å²) in [6.45, 7) is 6.21. The zero-order chi connectivity index (χ0) is 17.4. The van der Waals surface area contributed by atoms with Gasteiger partial charge in [-0.25, -0.2) is 0 Å². The zero-order valence-electron chi connectivity index (χ0n) is 15.5. The molecule has 1 saturated heterocycles. The van der Waals surface area contributed by atoms with Gasteiger partial charge in [0.25, 0.3) is 0 Å². The molecular formula is C18H31Cl2N3O3. The average molecular weight is 408 g/mol. The van der Waals surface area contributed by atoms with Gasteiger partial charge in [0.2, 0.25) is 5.91 Å². The number of halogens is 2. The maximum atomic E-state index is 12.2. The number of carbonyl (C=O) groups is 1. The highest BCUT2D eigenvalue weighted by atomic mass is 35.5. The van der Waals surface area contributed by atoms with E-state index in [1.165, 1.54) is 11.1 Å². The smallest absolute Gasteiger partial charge is 0.222 e. The average Bonchev–Trinajstić information content (AvgIpc) is 2.61. The number of benzene rings is 1. The molecule has 1 aromatic rings. The van der Waals surface area contributed by atoms with Gasteiger partial charge in [-0.2, -0.15) is 0 Å². The molecule has 150 valence electrons. The Labute approximate surface area is 168 Å². The molecule has 0 saturated carbocycles. The summed E-state index contributed by atoms with van der Waals surface area (Å²) in [5.41, 5.74) is 8.03. The third-order valence-electron chi connectivity index (χ3n) is 4.42. The lowest BCUT2D eigenvalue weighted by Crippen LogP contribution is -2.44. The molecule has 1 aliphatic heterocycles. The summed E-state index contributed by atoms with van der Waals surface area (Å²) in [6, 6.07) is 8.61. The molecule has 0 radical (unpaired) electrons. The van der Waals surface area contributed by atoms with E-state index in [4.69, 9.17) is 15.2 Å². The van der Waals surface area contributed by atoms with Crippen LogP contribution in [0.15, 0.2) is 24.3 Å². The molecule has 0 spiro atoms. The van der Waals surface area contributed by atoms with Gasteiger partial charge in [0.1, 0.15) is 0 Å². The second-order valence-corrected chi connectivity index (χ2v) is 6.18. The Bertz CT molecular complexity index is 524. The van der Waals surface area contributed by atoms with Crippen molar-refractivity contribution in [2.24, 2.45) is 5.73 Å². The Balaban J connectivity index is 0.00000312. The van der Waals surface area contributed by atoms with E-state index in [1.54, 1.807) is 7.11 Å². The van der Waals surface area contributed by atoms with Gasteiger partial charge in [-0.3, -0.25) is 9.69 Å². The quantitative estimate of drug-likeness (QED) is 0.685. The van der Waals surface area contributed by atoms with Crippen LogP contribution in [0.25, 0.3) is 0 Å². The van der Waals surface area contributed by atoms with Gasteiger partial charge in [-0.05, 0) is 12.5 Å². The van der Waals surface area contributed by atoms with Crippen molar-refractivity contribution in [2.45, 2.75) is 25.5 Å². The summed E-state index contributed by atoms with van der Waals surface area (Å²) in [7, 11) is 1.58. The third-order valence-corrected chi connectivity index (χ3v) is 4.42. The molecule has 0 aromatic heterocycles. The highest BCUT2D eigenvalue weighted by Crippen LogP contribution is 2.22. The molecule has 1 aliphatic rings. The van der Waals surface area contributed by atoms with Crippen molar-refractivity contribution in [3.05, 3.63) is 35.4 Å².